The van der Waals surface area contributed by atoms with Crippen LogP contribution in [0, 0.1) is 11.8 Å². The molecule has 4 nitrogen and oxygen atoms in total. The Morgan fingerprint density at radius 2 is 2.09 bits per heavy atom. The smallest absolute Gasteiger partial charge is 0.254 e. The Kier molecular flexibility index (Phi) is 3.92. The van der Waals surface area contributed by atoms with Crippen molar-refractivity contribution in [1.82, 2.24) is 9.80 Å². The molecule has 124 valence electrons. The lowest BCUT2D eigenvalue weighted by atomic mass is 9.94. The van der Waals surface area contributed by atoms with Crippen LogP contribution in [0.25, 0.3) is 0 Å². The Morgan fingerprint density at radius 3 is 2.78 bits per heavy atom. The largest absolute Gasteiger partial charge is 0.337 e. The van der Waals surface area contributed by atoms with Crippen molar-refractivity contribution in [2.75, 3.05) is 19.6 Å². The number of rotatable bonds is 4. The maximum atomic E-state index is 12.9. The van der Waals surface area contributed by atoms with Gasteiger partial charge in [-0.1, -0.05) is 6.92 Å². The first kappa shape index (κ1) is 15.2. The van der Waals surface area contributed by atoms with Gasteiger partial charge in [0.2, 0.25) is 5.91 Å². The van der Waals surface area contributed by atoms with Gasteiger partial charge in [-0.05, 0) is 44.1 Å². The van der Waals surface area contributed by atoms with E-state index < -0.39 is 0 Å². The quantitative estimate of drug-likeness (QED) is 0.851. The average molecular weight is 332 g/mol. The molecule has 23 heavy (non-hydrogen) atoms. The Morgan fingerprint density at radius 1 is 1.26 bits per heavy atom. The molecule has 3 saturated heterocycles. The highest BCUT2D eigenvalue weighted by Gasteiger charge is 2.43. The van der Waals surface area contributed by atoms with Gasteiger partial charge in [-0.25, -0.2) is 0 Å². The molecule has 2 bridgehead atoms. The van der Waals surface area contributed by atoms with Crippen LogP contribution in [0.3, 0.4) is 0 Å². The number of nitrogens with zero attached hydrogens (tertiary/aromatic N) is 2. The number of aryl methyl sites for hydroxylation is 1. The zero-order valence-corrected chi connectivity index (χ0v) is 14.5. The number of carbonyl (C=O) groups excluding carboxylic acids is 2. The summed E-state index contributed by atoms with van der Waals surface area (Å²) in [6.45, 7) is 4.35. The first-order valence-electron chi connectivity index (χ1n) is 8.83. The summed E-state index contributed by atoms with van der Waals surface area (Å²) in [5.74, 6) is 1.13. The SMILES string of the molecule is CCc1cc(C(=O)N2C[C@@H]3CC[C@H](C2)N(CC2CC2)C3=O)cs1. The maximum Gasteiger partial charge on any atom is 0.254 e. The van der Waals surface area contributed by atoms with E-state index in [9.17, 15) is 9.59 Å². The molecule has 3 aliphatic heterocycles. The summed E-state index contributed by atoms with van der Waals surface area (Å²) in [5.41, 5.74) is 0.800. The molecule has 4 fully saturated rings. The van der Waals surface area contributed by atoms with E-state index in [0.717, 1.165) is 31.4 Å². The number of thiophene rings is 1. The second-order valence-electron chi connectivity index (χ2n) is 7.23. The van der Waals surface area contributed by atoms with Crippen molar-refractivity contribution >= 4 is 23.2 Å². The fourth-order valence-electron chi connectivity index (χ4n) is 3.89. The van der Waals surface area contributed by atoms with Crippen molar-refractivity contribution in [3.63, 3.8) is 0 Å². The summed E-state index contributed by atoms with van der Waals surface area (Å²) in [7, 11) is 0. The van der Waals surface area contributed by atoms with Crippen molar-refractivity contribution < 1.29 is 9.59 Å². The molecule has 5 heteroatoms. The Hall–Kier alpha value is -1.36. The second kappa shape index (κ2) is 5.93. The number of hydrogen-bond donors (Lipinski definition) is 0. The third-order valence-electron chi connectivity index (χ3n) is 5.48. The highest BCUT2D eigenvalue weighted by molar-refractivity contribution is 7.10. The third kappa shape index (κ3) is 2.91. The van der Waals surface area contributed by atoms with Gasteiger partial charge in [0.1, 0.15) is 0 Å². The zero-order chi connectivity index (χ0) is 16.0. The Balaban J connectivity index is 1.52. The second-order valence-corrected chi connectivity index (χ2v) is 8.22. The van der Waals surface area contributed by atoms with Crippen molar-refractivity contribution in [3.05, 3.63) is 21.9 Å². The van der Waals surface area contributed by atoms with E-state index in [1.54, 1.807) is 11.3 Å². The summed E-state index contributed by atoms with van der Waals surface area (Å²) in [6.07, 6.45) is 5.49. The molecule has 2 amide bonds. The summed E-state index contributed by atoms with van der Waals surface area (Å²) >= 11 is 1.66. The number of amides is 2. The predicted octanol–water partition coefficient (Wildman–Crippen LogP) is 2.78. The normalized spacial score (nSPS) is 27.4. The molecule has 0 unspecified atom stereocenters. The van der Waals surface area contributed by atoms with Crippen LogP contribution in [0.5, 0.6) is 0 Å². The summed E-state index contributed by atoms with van der Waals surface area (Å²) in [5, 5.41) is 1.97. The van der Waals surface area contributed by atoms with Gasteiger partial charge in [-0.2, -0.15) is 0 Å². The van der Waals surface area contributed by atoms with E-state index in [0.29, 0.717) is 24.9 Å². The summed E-state index contributed by atoms with van der Waals surface area (Å²) < 4.78 is 0. The average Bonchev–Trinajstić information content (AvgIpc) is 3.31. The predicted molar refractivity (Wildman–Crippen MR) is 90.5 cm³/mol. The Labute approximate surface area is 141 Å². The van der Waals surface area contributed by atoms with E-state index in [-0.39, 0.29) is 17.9 Å². The van der Waals surface area contributed by atoms with E-state index >= 15 is 0 Å². The minimum Gasteiger partial charge on any atom is -0.337 e. The molecule has 1 aromatic rings. The number of carbonyl (C=O) groups is 2. The lowest BCUT2D eigenvalue weighted by Crippen LogP contribution is -2.48. The van der Waals surface area contributed by atoms with Gasteiger partial charge in [0, 0.05) is 35.9 Å². The van der Waals surface area contributed by atoms with Crippen molar-refractivity contribution in [1.29, 1.82) is 0 Å². The van der Waals surface area contributed by atoms with Crippen LogP contribution in [0.1, 0.15) is 47.8 Å². The highest BCUT2D eigenvalue weighted by Crippen LogP contribution is 2.35. The molecule has 0 aromatic carbocycles. The number of fused-ring (bicyclic) bond motifs is 4. The third-order valence-corrected chi connectivity index (χ3v) is 6.56. The standard InChI is InChI=1S/C18H24N2O2S/c1-2-16-7-14(11-23-16)17(21)19-9-13-5-6-15(10-19)20(18(13)22)8-12-3-4-12/h7,11-13,15H,2-6,8-10H2,1H3/t13-,15+/m0/s1. The molecule has 1 aliphatic carbocycles. The van der Waals surface area contributed by atoms with Crippen LogP contribution in [0.2, 0.25) is 0 Å². The molecule has 0 spiro atoms. The van der Waals surface area contributed by atoms with Crippen LogP contribution >= 0.6 is 11.3 Å². The molecular formula is C18H24N2O2S. The molecule has 0 N–H and O–H groups in total. The highest BCUT2D eigenvalue weighted by atomic mass is 32.1. The number of hydrogen-bond acceptors (Lipinski definition) is 3. The first-order chi connectivity index (χ1) is 11.2. The van der Waals surface area contributed by atoms with E-state index in [4.69, 9.17) is 0 Å². The maximum absolute atomic E-state index is 12.9. The molecule has 4 aliphatic rings. The number of piperidine rings is 1. The minimum absolute atomic E-state index is 0.0146. The molecule has 2 atom stereocenters. The van der Waals surface area contributed by atoms with Gasteiger partial charge in [-0.3, -0.25) is 9.59 Å². The van der Waals surface area contributed by atoms with Crippen LogP contribution in [-0.2, 0) is 11.2 Å². The van der Waals surface area contributed by atoms with E-state index in [2.05, 4.69) is 11.8 Å². The molecular weight excluding hydrogens is 308 g/mol. The lowest BCUT2D eigenvalue weighted by molar-refractivity contribution is -0.140. The van der Waals surface area contributed by atoms with Gasteiger partial charge in [0.05, 0.1) is 11.5 Å². The monoisotopic (exact) mass is 332 g/mol. The molecule has 1 saturated carbocycles. The van der Waals surface area contributed by atoms with E-state index in [1.165, 1.54) is 17.7 Å². The van der Waals surface area contributed by atoms with E-state index in [1.807, 2.05) is 16.3 Å². The van der Waals surface area contributed by atoms with Gasteiger partial charge < -0.3 is 9.80 Å². The van der Waals surface area contributed by atoms with Crippen molar-refractivity contribution in [2.45, 2.75) is 45.1 Å². The van der Waals surface area contributed by atoms with Gasteiger partial charge in [0.25, 0.3) is 5.91 Å². The van der Waals surface area contributed by atoms with Crippen molar-refractivity contribution in [3.8, 4) is 0 Å². The van der Waals surface area contributed by atoms with Gasteiger partial charge in [-0.15, -0.1) is 11.3 Å². The minimum atomic E-state index is 0.0146. The summed E-state index contributed by atoms with van der Waals surface area (Å²) in [6, 6.07) is 2.25. The lowest BCUT2D eigenvalue weighted by Gasteiger charge is -2.36. The molecule has 5 rings (SSSR count). The van der Waals surface area contributed by atoms with Crippen LogP contribution in [0.15, 0.2) is 11.4 Å². The summed E-state index contributed by atoms with van der Waals surface area (Å²) in [4.78, 5) is 30.9. The fraction of sp³-hybridized carbons (Fsp3) is 0.667. The van der Waals surface area contributed by atoms with Crippen molar-refractivity contribution in [2.24, 2.45) is 11.8 Å². The fourth-order valence-corrected chi connectivity index (χ4v) is 4.69. The Bertz CT molecular complexity index is 622. The van der Waals surface area contributed by atoms with Gasteiger partial charge in [0.15, 0.2) is 0 Å². The molecule has 4 heterocycles. The first-order valence-corrected chi connectivity index (χ1v) is 9.70. The molecule has 1 aromatic heterocycles. The van der Waals surface area contributed by atoms with Gasteiger partial charge >= 0.3 is 0 Å². The van der Waals surface area contributed by atoms with Crippen LogP contribution in [0.4, 0.5) is 0 Å². The topological polar surface area (TPSA) is 40.6 Å². The van der Waals surface area contributed by atoms with Crippen LogP contribution in [-0.4, -0.2) is 47.3 Å². The zero-order valence-electron chi connectivity index (χ0n) is 13.7. The van der Waals surface area contributed by atoms with Crippen LogP contribution < -0.4 is 0 Å². The molecule has 0 radical (unpaired) electrons.